The molecule has 1 aromatic rings. The van der Waals surface area contributed by atoms with Gasteiger partial charge in [-0.15, -0.1) is 11.6 Å². The Balaban J connectivity index is 2.28. The summed E-state index contributed by atoms with van der Waals surface area (Å²) in [5.41, 5.74) is 0.556. The first kappa shape index (κ1) is 14.0. The molecule has 1 heterocycles. The van der Waals surface area contributed by atoms with Crippen LogP contribution in [0, 0.1) is 0 Å². The lowest BCUT2D eigenvalue weighted by molar-refractivity contribution is 0.0745. The molecule has 5 heteroatoms. The summed E-state index contributed by atoms with van der Waals surface area (Å²) in [7, 11) is 3.13. The molecule has 104 valence electrons. The summed E-state index contributed by atoms with van der Waals surface area (Å²) in [6.07, 6.45) is 1.97. The molecule has 0 saturated carbocycles. The molecule has 4 nitrogen and oxygen atoms in total. The lowest BCUT2D eigenvalue weighted by Gasteiger charge is -2.24. The molecular formula is C14H18ClNO3. The molecule has 19 heavy (non-hydrogen) atoms. The van der Waals surface area contributed by atoms with Gasteiger partial charge in [0.2, 0.25) is 0 Å². The molecule has 1 aliphatic heterocycles. The van der Waals surface area contributed by atoms with Gasteiger partial charge in [-0.3, -0.25) is 4.79 Å². The van der Waals surface area contributed by atoms with Crippen molar-refractivity contribution in [2.24, 2.45) is 0 Å². The number of hydrogen-bond donors (Lipinski definition) is 0. The van der Waals surface area contributed by atoms with Crippen LogP contribution in [0.3, 0.4) is 0 Å². The lowest BCUT2D eigenvalue weighted by Crippen LogP contribution is -2.36. The van der Waals surface area contributed by atoms with Crippen molar-refractivity contribution in [3.8, 4) is 11.5 Å². The number of rotatable bonds is 4. The van der Waals surface area contributed by atoms with Gasteiger partial charge < -0.3 is 14.4 Å². The summed E-state index contributed by atoms with van der Waals surface area (Å²) in [5, 5.41) is 0. The average molecular weight is 284 g/mol. The van der Waals surface area contributed by atoms with Gasteiger partial charge in [0.1, 0.15) is 11.5 Å². The minimum atomic E-state index is -0.0253. The fraction of sp³-hybridized carbons (Fsp3) is 0.500. The van der Waals surface area contributed by atoms with Gasteiger partial charge in [-0.2, -0.15) is 0 Å². The molecule has 1 aromatic carbocycles. The first-order chi connectivity index (χ1) is 9.21. The van der Waals surface area contributed by atoms with Crippen molar-refractivity contribution in [3.05, 3.63) is 23.8 Å². The monoisotopic (exact) mass is 283 g/mol. The number of carbonyl (C=O) groups is 1. The number of amides is 1. The van der Waals surface area contributed by atoms with E-state index in [-0.39, 0.29) is 11.9 Å². The quantitative estimate of drug-likeness (QED) is 0.797. The van der Waals surface area contributed by atoms with Gasteiger partial charge in [0.25, 0.3) is 5.91 Å². The Morgan fingerprint density at radius 2 is 2.21 bits per heavy atom. The number of ether oxygens (including phenoxy) is 2. The number of alkyl halides is 1. The van der Waals surface area contributed by atoms with Crippen molar-refractivity contribution in [3.63, 3.8) is 0 Å². The highest BCUT2D eigenvalue weighted by molar-refractivity contribution is 6.18. The largest absolute Gasteiger partial charge is 0.497 e. The van der Waals surface area contributed by atoms with E-state index >= 15 is 0 Å². The predicted molar refractivity (Wildman–Crippen MR) is 74.3 cm³/mol. The van der Waals surface area contributed by atoms with Crippen LogP contribution in [0.15, 0.2) is 18.2 Å². The summed E-state index contributed by atoms with van der Waals surface area (Å²) < 4.78 is 10.4. The zero-order chi connectivity index (χ0) is 13.8. The maximum Gasteiger partial charge on any atom is 0.257 e. The normalized spacial score (nSPS) is 18.5. The average Bonchev–Trinajstić information content (AvgIpc) is 2.94. The Kier molecular flexibility index (Phi) is 4.53. The van der Waals surface area contributed by atoms with E-state index in [1.54, 1.807) is 32.4 Å². The SMILES string of the molecule is COc1ccc(C(=O)N2CCCC2CCl)c(OC)c1. The van der Waals surface area contributed by atoms with E-state index in [9.17, 15) is 4.79 Å². The fourth-order valence-electron chi connectivity index (χ4n) is 2.39. The maximum atomic E-state index is 12.5. The molecule has 0 aliphatic carbocycles. The first-order valence-corrected chi connectivity index (χ1v) is 6.83. The molecule has 0 bridgehead atoms. The maximum absolute atomic E-state index is 12.5. The van der Waals surface area contributed by atoms with Crippen LogP contribution in [-0.2, 0) is 0 Å². The summed E-state index contributed by atoms with van der Waals surface area (Å²) in [6.45, 7) is 0.755. The van der Waals surface area contributed by atoms with Gasteiger partial charge in [0, 0.05) is 24.5 Å². The highest BCUT2D eigenvalue weighted by Crippen LogP contribution is 2.28. The Labute approximate surface area is 118 Å². The number of likely N-dealkylation sites (tertiary alicyclic amines) is 1. The molecular weight excluding hydrogens is 266 g/mol. The third-order valence-corrected chi connectivity index (χ3v) is 3.81. The van der Waals surface area contributed by atoms with Gasteiger partial charge in [0.05, 0.1) is 19.8 Å². The number of methoxy groups -OCH3 is 2. The van der Waals surface area contributed by atoms with Crippen molar-refractivity contribution in [2.75, 3.05) is 26.6 Å². The molecule has 1 atom stereocenters. The van der Waals surface area contributed by atoms with Crippen LogP contribution >= 0.6 is 11.6 Å². The Morgan fingerprint density at radius 3 is 2.84 bits per heavy atom. The number of benzene rings is 1. The zero-order valence-electron chi connectivity index (χ0n) is 11.2. The van der Waals surface area contributed by atoms with E-state index in [1.165, 1.54) is 0 Å². The molecule has 1 saturated heterocycles. The number of nitrogens with zero attached hydrogens (tertiary/aromatic N) is 1. The third-order valence-electron chi connectivity index (χ3n) is 3.46. The van der Waals surface area contributed by atoms with E-state index in [0.717, 1.165) is 19.4 Å². The topological polar surface area (TPSA) is 38.8 Å². The van der Waals surface area contributed by atoms with Crippen LogP contribution in [0.5, 0.6) is 11.5 Å². The summed E-state index contributed by atoms with van der Waals surface area (Å²) in [5.74, 6) is 1.65. The van der Waals surface area contributed by atoms with E-state index in [1.807, 2.05) is 4.90 Å². The van der Waals surface area contributed by atoms with Crippen molar-refractivity contribution >= 4 is 17.5 Å². The minimum Gasteiger partial charge on any atom is -0.497 e. The van der Waals surface area contributed by atoms with Gasteiger partial charge in [-0.25, -0.2) is 0 Å². The van der Waals surface area contributed by atoms with Gasteiger partial charge in [-0.05, 0) is 25.0 Å². The second-order valence-electron chi connectivity index (χ2n) is 4.52. The fourth-order valence-corrected chi connectivity index (χ4v) is 2.71. The molecule has 1 unspecified atom stereocenters. The van der Waals surface area contributed by atoms with Crippen molar-refractivity contribution in [1.82, 2.24) is 4.90 Å². The second kappa shape index (κ2) is 6.15. The molecule has 0 N–H and O–H groups in total. The van der Waals surface area contributed by atoms with E-state index in [2.05, 4.69) is 0 Å². The van der Waals surface area contributed by atoms with Gasteiger partial charge in [-0.1, -0.05) is 0 Å². The minimum absolute atomic E-state index is 0.0253. The zero-order valence-corrected chi connectivity index (χ0v) is 11.9. The molecule has 0 aromatic heterocycles. The van der Waals surface area contributed by atoms with Crippen LogP contribution in [0.1, 0.15) is 23.2 Å². The summed E-state index contributed by atoms with van der Waals surface area (Å²) in [6, 6.07) is 5.35. The predicted octanol–water partition coefficient (Wildman–Crippen LogP) is 2.55. The molecule has 0 spiro atoms. The van der Waals surface area contributed by atoms with Crippen LogP contribution in [0.25, 0.3) is 0 Å². The van der Waals surface area contributed by atoms with Crippen molar-refractivity contribution in [1.29, 1.82) is 0 Å². The number of hydrogen-bond acceptors (Lipinski definition) is 3. The van der Waals surface area contributed by atoms with E-state index < -0.39 is 0 Å². The molecule has 1 aliphatic rings. The highest BCUT2D eigenvalue weighted by atomic mass is 35.5. The van der Waals surface area contributed by atoms with Crippen molar-refractivity contribution < 1.29 is 14.3 Å². The first-order valence-electron chi connectivity index (χ1n) is 6.30. The standard InChI is InChI=1S/C14H18ClNO3/c1-18-11-5-6-12(13(8-11)19-2)14(17)16-7-3-4-10(16)9-15/h5-6,8,10H,3-4,7,9H2,1-2H3. The van der Waals surface area contributed by atoms with Crippen LogP contribution in [0.2, 0.25) is 0 Å². The number of carbonyl (C=O) groups excluding carboxylic acids is 1. The lowest BCUT2D eigenvalue weighted by atomic mass is 10.1. The van der Waals surface area contributed by atoms with Gasteiger partial charge in [0.15, 0.2) is 0 Å². The Morgan fingerprint density at radius 1 is 1.42 bits per heavy atom. The van der Waals surface area contributed by atoms with E-state index in [4.69, 9.17) is 21.1 Å². The van der Waals surface area contributed by atoms with Crippen LogP contribution in [0.4, 0.5) is 0 Å². The van der Waals surface area contributed by atoms with Crippen LogP contribution < -0.4 is 9.47 Å². The smallest absolute Gasteiger partial charge is 0.257 e. The van der Waals surface area contributed by atoms with Crippen LogP contribution in [-0.4, -0.2) is 43.5 Å². The van der Waals surface area contributed by atoms with E-state index in [0.29, 0.717) is 22.9 Å². The molecule has 1 amide bonds. The van der Waals surface area contributed by atoms with Gasteiger partial charge >= 0.3 is 0 Å². The highest BCUT2D eigenvalue weighted by Gasteiger charge is 2.30. The van der Waals surface area contributed by atoms with Crippen molar-refractivity contribution in [2.45, 2.75) is 18.9 Å². The third kappa shape index (κ3) is 2.78. The molecule has 1 fully saturated rings. The Hall–Kier alpha value is -1.42. The molecule has 0 radical (unpaired) electrons. The summed E-state index contributed by atoms with van der Waals surface area (Å²) in [4.78, 5) is 14.4. The number of halogens is 1. The molecule has 2 rings (SSSR count). The Bertz CT molecular complexity index is 464. The summed E-state index contributed by atoms with van der Waals surface area (Å²) >= 11 is 5.91. The second-order valence-corrected chi connectivity index (χ2v) is 4.82.